The minimum Gasteiger partial charge on any atom is -0.478 e. The first-order valence-corrected chi connectivity index (χ1v) is 2.63. The van der Waals surface area contributed by atoms with Gasteiger partial charge in [-0.15, -0.1) is 0 Å². The van der Waals surface area contributed by atoms with Crippen LogP contribution >= 0.6 is 0 Å². The van der Waals surface area contributed by atoms with E-state index in [9.17, 15) is 4.79 Å². The van der Waals surface area contributed by atoms with Gasteiger partial charge in [-0.3, -0.25) is 0 Å². The molecule has 0 heterocycles. The van der Waals surface area contributed by atoms with Crippen LogP contribution in [0.5, 0.6) is 0 Å². The molecule has 2 heteroatoms. The van der Waals surface area contributed by atoms with Gasteiger partial charge in [0.05, 0.1) is 0 Å². The van der Waals surface area contributed by atoms with Crippen molar-refractivity contribution < 1.29 is 9.90 Å². The molecule has 0 saturated heterocycles. The summed E-state index contributed by atoms with van der Waals surface area (Å²) in [6.45, 7) is 2.02. The van der Waals surface area contributed by atoms with Crippen LogP contribution in [-0.4, -0.2) is 11.1 Å². The quantitative estimate of drug-likeness (QED) is 0.514. The molecule has 1 fully saturated rings. The second-order valence-corrected chi connectivity index (χ2v) is 2.16. The van der Waals surface area contributed by atoms with Crippen LogP contribution in [0.4, 0.5) is 0 Å². The Balaban J connectivity index is 2.47. The van der Waals surface area contributed by atoms with Gasteiger partial charge in [-0.25, -0.2) is 4.79 Å². The van der Waals surface area contributed by atoms with Crippen LogP contribution in [0, 0.1) is 5.92 Å². The zero-order chi connectivity index (χ0) is 6.15. The topological polar surface area (TPSA) is 37.3 Å². The molecule has 8 heavy (non-hydrogen) atoms. The molecule has 1 aliphatic carbocycles. The van der Waals surface area contributed by atoms with Crippen LogP contribution in [-0.2, 0) is 4.79 Å². The van der Waals surface area contributed by atoms with Crippen molar-refractivity contribution >= 4 is 5.97 Å². The molecule has 0 amide bonds. The maximum absolute atomic E-state index is 9.92. The molecule has 44 valence electrons. The minimum absolute atomic E-state index is 0.533. The molecule has 0 radical (unpaired) electrons. The van der Waals surface area contributed by atoms with E-state index in [0.717, 1.165) is 12.0 Å². The van der Waals surface area contributed by atoms with Crippen LogP contribution < -0.4 is 0 Å². The monoisotopic (exact) mass is 112 g/mol. The maximum atomic E-state index is 9.92. The van der Waals surface area contributed by atoms with Gasteiger partial charge in [-0.2, -0.15) is 0 Å². The molecule has 1 aliphatic rings. The van der Waals surface area contributed by atoms with Crippen molar-refractivity contribution in [3.8, 4) is 0 Å². The van der Waals surface area contributed by atoms with E-state index in [1.54, 1.807) is 0 Å². The van der Waals surface area contributed by atoms with Crippen LogP contribution in [0.25, 0.3) is 0 Å². The minimum atomic E-state index is -0.815. The standard InChI is InChI=1S/C6H8O2/c1-4-2-5(4)3-6(7)8/h3-4H,2H2,1H3,(H,7,8)/b5-3+/t4-/m0/s1. The fraction of sp³-hybridized carbons (Fsp3) is 0.500. The lowest BCUT2D eigenvalue weighted by Gasteiger charge is -1.73. The van der Waals surface area contributed by atoms with Crippen LogP contribution in [0.1, 0.15) is 13.3 Å². The van der Waals surface area contributed by atoms with Crippen LogP contribution in [0.3, 0.4) is 0 Å². The summed E-state index contributed by atoms with van der Waals surface area (Å²) in [5.41, 5.74) is 1.07. The predicted molar refractivity (Wildman–Crippen MR) is 29.5 cm³/mol. The summed E-state index contributed by atoms with van der Waals surface area (Å²) in [5, 5.41) is 8.17. The lowest BCUT2D eigenvalue weighted by atomic mass is 10.4. The summed E-state index contributed by atoms with van der Waals surface area (Å²) in [6.07, 6.45) is 2.27. The van der Waals surface area contributed by atoms with Gasteiger partial charge < -0.3 is 5.11 Å². The molecule has 0 bridgehead atoms. The number of rotatable bonds is 1. The number of allylic oxidation sites excluding steroid dienone is 1. The lowest BCUT2D eigenvalue weighted by molar-refractivity contribution is -0.131. The highest BCUT2D eigenvalue weighted by atomic mass is 16.4. The van der Waals surface area contributed by atoms with Gasteiger partial charge in [0.15, 0.2) is 0 Å². The molecular weight excluding hydrogens is 104 g/mol. The lowest BCUT2D eigenvalue weighted by Crippen LogP contribution is -1.85. The third-order valence-electron chi connectivity index (χ3n) is 1.32. The smallest absolute Gasteiger partial charge is 0.328 e. The predicted octanol–water partition coefficient (Wildman–Crippen LogP) is 1.04. The van der Waals surface area contributed by atoms with E-state index in [4.69, 9.17) is 5.11 Å². The molecular formula is C6H8O2. The summed E-state index contributed by atoms with van der Waals surface area (Å²) in [7, 11) is 0. The van der Waals surface area contributed by atoms with E-state index >= 15 is 0 Å². The zero-order valence-electron chi connectivity index (χ0n) is 4.72. The fourth-order valence-corrected chi connectivity index (χ4v) is 0.654. The first-order valence-electron chi connectivity index (χ1n) is 2.63. The van der Waals surface area contributed by atoms with Gasteiger partial charge in [0.1, 0.15) is 0 Å². The summed E-state index contributed by atoms with van der Waals surface area (Å²) in [6, 6.07) is 0. The Labute approximate surface area is 47.8 Å². The van der Waals surface area contributed by atoms with Gasteiger partial charge in [0.25, 0.3) is 0 Å². The second-order valence-electron chi connectivity index (χ2n) is 2.16. The molecule has 1 N–H and O–H groups in total. The van der Waals surface area contributed by atoms with Crippen molar-refractivity contribution in [2.24, 2.45) is 5.92 Å². The van der Waals surface area contributed by atoms with Crippen molar-refractivity contribution in [3.05, 3.63) is 11.6 Å². The fourth-order valence-electron chi connectivity index (χ4n) is 0.654. The van der Waals surface area contributed by atoms with Gasteiger partial charge in [-0.1, -0.05) is 12.5 Å². The normalized spacial score (nSPS) is 30.6. The van der Waals surface area contributed by atoms with E-state index in [1.807, 2.05) is 6.92 Å². The Morgan fingerprint density at radius 1 is 2.00 bits per heavy atom. The Morgan fingerprint density at radius 2 is 2.50 bits per heavy atom. The number of carboxylic acid groups (broad SMARTS) is 1. The Kier molecular flexibility index (Phi) is 1.08. The van der Waals surface area contributed by atoms with Crippen molar-refractivity contribution in [1.29, 1.82) is 0 Å². The molecule has 1 saturated carbocycles. The first-order chi connectivity index (χ1) is 3.70. The molecule has 0 aromatic rings. The van der Waals surface area contributed by atoms with Crippen LogP contribution in [0.15, 0.2) is 11.6 Å². The summed E-state index contributed by atoms with van der Waals surface area (Å²) in [5.74, 6) is -0.282. The number of hydrogen-bond acceptors (Lipinski definition) is 1. The van der Waals surface area contributed by atoms with Crippen molar-refractivity contribution in [1.82, 2.24) is 0 Å². The van der Waals surface area contributed by atoms with Gasteiger partial charge in [-0.05, 0) is 12.3 Å². The molecule has 1 rings (SSSR count). The third kappa shape index (κ3) is 1.09. The van der Waals surface area contributed by atoms with E-state index in [-0.39, 0.29) is 0 Å². The summed E-state index contributed by atoms with van der Waals surface area (Å²) >= 11 is 0. The molecule has 0 spiro atoms. The second kappa shape index (κ2) is 1.62. The number of hydrogen-bond donors (Lipinski definition) is 1. The van der Waals surface area contributed by atoms with Gasteiger partial charge in [0.2, 0.25) is 0 Å². The number of aliphatic carboxylic acids is 1. The molecule has 1 atom stereocenters. The first kappa shape index (κ1) is 5.35. The van der Waals surface area contributed by atoms with Crippen molar-refractivity contribution in [2.45, 2.75) is 13.3 Å². The Hall–Kier alpha value is -0.790. The van der Waals surface area contributed by atoms with Gasteiger partial charge in [0, 0.05) is 6.08 Å². The molecule has 0 aromatic carbocycles. The molecule has 0 unspecified atom stereocenters. The molecule has 0 aromatic heterocycles. The highest BCUT2D eigenvalue weighted by molar-refractivity contribution is 5.81. The number of carboxylic acids is 1. The van der Waals surface area contributed by atoms with Crippen molar-refractivity contribution in [3.63, 3.8) is 0 Å². The molecule has 2 nitrogen and oxygen atoms in total. The largest absolute Gasteiger partial charge is 0.478 e. The average Bonchev–Trinajstić information content (AvgIpc) is 2.17. The third-order valence-corrected chi connectivity index (χ3v) is 1.32. The Bertz CT molecular complexity index is 147. The van der Waals surface area contributed by atoms with Gasteiger partial charge >= 0.3 is 5.97 Å². The zero-order valence-corrected chi connectivity index (χ0v) is 4.72. The maximum Gasteiger partial charge on any atom is 0.328 e. The number of carbonyl (C=O) groups is 1. The summed E-state index contributed by atoms with van der Waals surface area (Å²) < 4.78 is 0. The highest BCUT2D eigenvalue weighted by Gasteiger charge is 2.24. The van der Waals surface area contributed by atoms with E-state index < -0.39 is 5.97 Å². The van der Waals surface area contributed by atoms with E-state index in [0.29, 0.717) is 5.92 Å². The molecule has 0 aliphatic heterocycles. The average molecular weight is 112 g/mol. The Morgan fingerprint density at radius 3 is 2.62 bits per heavy atom. The SMILES string of the molecule is C[C@H]1C/C1=C\C(=O)O. The van der Waals surface area contributed by atoms with E-state index in [2.05, 4.69) is 0 Å². The van der Waals surface area contributed by atoms with Crippen molar-refractivity contribution in [2.75, 3.05) is 0 Å². The summed E-state index contributed by atoms with van der Waals surface area (Å²) in [4.78, 5) is 9.92. The van der Waals surface area contributed by atoms with Crippen LogP contribution in [0.2, 0.25) is 0 Å². The highest BCUT2D eigenvalue weighted by Crippen LogP contribution is 2.36. The van der Waals surface area contributed by atoms with E-state index in [1.165, 1.54) is 6.08 Å².